The largest absolute Gasteiger partial charge is 0.236 e. The van der Waals surface area contributed by atoms with Gasteiger partial charge in [-0.05, 0) is 30.4 Å². The Balaban J connectivity index is 2.01. The Hall–Kier alpha value is -1.70. The van der Waals surface area contributed by atoms with Gasteiger partial charge in [-0.1, -0.05) is 57.4 Å². The molecule has 0 saturated heterocycles. The maximum Gasteiger partial charge on any atom is 0.159 e. The van der Waals surface area contributed by atoms with Crippen LogP contribution in [0.25, 0.3) is 11.4 Å². The lowest BCUT2D eigenvalue weighted by Gasteiger charge is -2.04. The van der Waals surface area contributed by atoms with Crippen molar-refractivity contribution in [1.82, 2.24) is 9.97 Å². The van der Waals surface area contributed by atoms with Gasteiger partial charge in [-0.2, -0.15) is 0 Å². The number of nitrogens with zero attached hydrogens (tertiary/aromatic N) is 2. The van der Waals surface area contributed by atoms with E-state index in [1.54, 1.807) is 0 Å². The van der Waals surface area contributed by atoms with E-state index in [0.29, 0.717) is 0 Å². The predicted octanol–water partition coefficient (Wildman–Crippen LogP) is 4.83. The Morgan fingerprint density at radius 3 is 2.05 bits per heavy atom. The molecule has 0 unspecified atom stereocenters. The molecule has 1 aromatic carbocycles. The van der Waals surface area contributed by atoms with Crippen molar-refractivity contribution >= 4 is 0 Å². The first-order valence-corrected chi connectivity index (χ1v) is 7.73. The molecule has 2 heteroatoms. The number of unbranched alkanes of at least 4 members (excludes halogenated alkanes) is 2. The van der Waals surface area contributed by atoms with E-state index >= 15 is 0 Å². The molecule has 0 spiro atoms. The molecule has 106 valence electrons. The zero-order valence-corrected chi connectivity index (χ0v) is 12.6. The number of rotatable bonds is 7. The van der Waals surface area contributed by atoms with Gasteiger partial charge in [0.2, 0.25) is 0 Å². The maximum absolute atomic E-state index is 4.49. The molecule has 0 aliphatic rings. The molecule has 2 aromatic rings. The molecule has 0 amide bonds. The fourth-order valence-corrected chi connectivity index (χ4v) is 2.32. The molecule has 1 heterocycles. The zero-order valence-electron chi connectivity index (χ0n) is 12.6. The lowest BCUT2D eigenvalue weighted by atomic mass is 10.1. The molecule has 1 aromatic heterocycles. The summed E-state index contributed by atoms with van der Waals surface area (Å²) in [7, 11) is 0. The number of aryl methyl sites for hydroxylation is 2. The van der Waals surface area contributed by atoms with E-state index < -0.39 is 0 Å². The molecular weight excluding hydrogens is 244 g/mol. The molecule has 0 atom stereocenters. The minimum absolute atomic E-state index is 0.826. The van der Waals surface area contributed by atoms with Crippen LogP contribution in [0.4, 0.5) is 0 Å². The van der Waals surface area contributed by atoms with Gasteiger partial charge in [-0.3, -0.25) is 0 Å². The van der Waals surface area contributed by atoms with Crippen LogP contribution < -0.4 is 0 Å². The third-order valence-electron chi connectivity index (χ3n) is 3.53. The zero-order chi connectivity index (χ0) is 14.2. The van der Waals surface area contributed by atoms with Crippen LogP contribution in [0.15, 0.2) is 36.7 Å². The van der Waals surface area contributed by atoms with Gasteiger partial charge in [-0.15, -0.1) is 0 Å². The minimum atomic E-state index is 0.826. The Morgan fingerprint density at radius 2 is 1.45 bits per heavy atom. The van der Waals surface area contributed by atoms with Gasteiger partial charge >= 0.3 is 0 Å². The molecule has 20 heavy (non-hydrogen) atoms. The van der Waals surface area contributed by atoms with Gasteiger partial charge in [0.15, 0.2) is 5.82 Å². The fraction of sp³-hybridized carbons (Fsp3) is 0.444. The van der Waals surface area contributed by atoms with E-state index in [4.69, 9.17) is 0 Å². The van der Waals surface area contributed by atoms with E-state index in [1.165, 1.54) is 36.8 Å². The highest BCUT2D eigenvalue weighted by molar-refractivity contribution is 5.55. The molecule has 0 radical (unpaired) electrons. The molecule has 0 N–H and O–H groups in total. The summed E-state index contributed by atoms with van der Waals surface area (Å²) in [6.07, 6.45) is 11.1. The summed E-state index contributed by atoms with van der Waals surface area (Å²) in [5.41, 5.74) is 3.72. The number of hydrogen-bond acceptors (Lipinski definition) is 2. The first-order valence-electron chi connectivity index (χ1n) is 7.73. The molecule has 2 nitrogen and oxygen atoms in total. The number of aromatic nitrogens is 2. The van der Waals surface area contributed by atoms with E-state index in [1.807, 2.05) is 12.4 Å². The molecule has 0 bridgehead atoms. The molecule has 0 fully saturated rings. The Bertz CT molecular complexity index is 500. The summed E-state index contributed by atoms with van der Waals surface area (Å²) in [6, 6.07) is 8.60. The summed E-state index contributed by atoms with van der Waals surface area (Å²) in [5.74, 6) is 0.826. The molecule has 2 rings (SSSR count). The lowest BCUT2D eigenvalue weighted by molar-refractivity contribution is 0.714. The molecular formula is C18H24N2. The second-order valence-corrected chi connectivity index (χ2v) is 5.32. The van der Waals surface area contributed by atoms with Crippen molar-refractivity contribution in [3.05, 3.63) is 47.8 Å². The third kappa shape index (κ3) is 4.16. The third-order valence-corrected chi connectivity index (χ3v) is 3.53. The van der Waals surface area contributed by atoms with E-state index in [0.717, 1.165) is 24.2 Å². The van der Waals surface area contributed by atoms with E-state index in [-0.39, 0.29) is 0 Å². The summed E-state index contributed by atoms with van der Waals surface area (Å²) in [6.45, 7) is 4.43. The van der Waals surface area contributed by atoms with Gasteiger partial charge in [0.1, 0.15) is 0 Å². The SMILES string of the molecule is CCCCCc1cnc(-c2ccc(CCC)cc2)nc1. The van der Waals surface area contributed by atoms with Crippen molar-refractivity contribution in [2.75, 3.05) is 0 Å². The van der Waals surface area contributed by atoms with Crippen molar-refractivity contribution in [2.45, 2.75) is 52.4 Å². The van der Waals surface area contributed by atoms with Crippen molar-refractivity contribution in [2.24, 2.45) is 0 Å². The van der Waals surface area contributed by atoms with Crippen LogP contribution >= 0.6 is 0 Å². The second kappa shape index (κ2) is 7.78. The first kappa shape index (κ1) is 14.7. The summed E-state index contributed by atoms with van der Waals surface area (Å²) >= 11 is 0. The first-order chi connectivity index (χ1) is 9.83. The quantitative estimate of drug-likeness (QED) is 0.672. The lowest BCUT2D eigenvalue weighted by Crippen LogP contribution is -1.93. The van der Waals surface area contributed by atoms with Crippen LogP contribution in [0.3, 0.4) is 0 Å². The highest BCUT2D eigenvalue weighted by atomic mass is 14.9. The predicted molar refractivity (Wildman–Crippen MR) is 84.7 cm³/mol. The summed E-state index contributed by atoms with van der Waals surface area (Å²) in [4.78, 5) is 8.98. The number of hydrogen-bond donors (Lipinski definition) is 0. The standard InChI is InChI=1S/C18H24N2/c1-3-5-6-8-16-13-19-18(20-14-16)17-11-9-15(7-4-2)10-12-17/h9-14H,3-8H2,1-2H3. The fourth-order valence-electron chi connectivity index (χ4n) is 2.32. The summed E-state index contributed by atoms with van der Waals surface area (Å²) in [5, 5.41) is 0. The van der Waals surface area contributed by atoms with Crippen molar-refractivity contribution in [3.63, 3.8) is 0 Å². The van der Waals surface area contributed by atoms with Gasteiger partial charge < -0.3 is 0 Å². The van der Waals surface area contributed by atoms with Crippen LogP contribution in [0.5, 0.6) is 0 Å². The smallest absolute Gasteiger partial charge is 0.159 e. The summed E-state index contributed by atoms with van der Waals surface area (Å²) < 4.78 is 0. The average Bonchev–Trinajstić information content (AvgIpc) is 2.49. The van der Waals surface area contributed by atoms with Gasteiger partial charge in [0.25, 0.3) is 0 Å². The van der Waals surface area contributed by atoms with Crippen LogP contribution in [-0.4, -0.2) is 9.97 Å². The van der Waals surface area contributed by atoms with Gasteiger partial charge in [0, 0.05) is 18.0 Å². The monoisotopic (exact) mass is 268 g/mol. The second-order valence-electron chi connectivity index (χ2n) is 5.32. The van der Waals surface area contributed by atoms with E-state index in [9.17, 15) is 0 Å². The molecule has 0 aliphatic heterocycles. The minimum Gasteiger partial charge on any atom is -0.236 e. The normalized spacial score (nSPS) is 10.7. The van der Waals surface area contributed by atoms with Crippen molar-refractivity contribution < 1.29 is 0 Å². The van der Waals surface area contributed by atoms with Crippen LogP contribution in [0.2, 0.25) is 0 Å². The Labute approximate surface area is 122 Å². The van der Waals surface area contributed by atoms with Crippen LogP contribution in [0, 0.1) is 0 Å². The highest BCUT2D eigenvalue weighted by Gasteiger charge is 2.02. The molecule has 0 saturated carbocycles. The molecule has 0 aliphatic carbocycles. The topological polar surface area (TPSA) is 25.8 Å². The van der Waals surface area contributed by atoms with Gasteiger partial charge in [-0.25, -0.2) is 9.97 Å². The van der Waals surface area contributed by atoms with Crippen LogP contribution in [-0.2, 0) is 12.8 Å². The Morgan fingerprint density at radius 1 is 0.750 bits per heavy atom. The van der Waals surface area contributed by atoms with Crippen molar-refractivity contribution in [3.8, 4) is 11.4 Å². The van der Waals surface area contributed by atoms with Crippen LogP contribution in [0.1, 0.15) is 50.7 Å². The van der Waals surface area contributed by atoms with E-state index in [2.05, 4.69) is 48.1 Å². The highest BCUT2D eigenvalue weighted by Crippen LogP contribution is 2.16. The maximum atomic E-state index is 4.49. The average molecular weight is 268 g/mol. The number of benzene rings is 1. The van der Waals surface area contributed by atoms with Crippen molar-refractivity contribution in [1.29, 1.82) is 0 Å². The van der Waals surface area contributed by atoms with Gasteiger partial charge in [0.05, 0.1) is 0 Å². The Kier molecular flexibility index (Phi) is 5.72.